The summed E-state index contributed by atoms with van der Waals surface area (Å²) in [5.41, 5.74) is 6.68. The van der Waals surface area contributed by atoms with E-state index in [1.54, 1.807) is 24.4 Å². The summed E-state index contributed by atoms with van der Waals surface area (Å²) in [6.45, 7) is 0. The van der Waals surface area contributed by atoms with Crippen LogP contribution in [0.4, 0.5) is 0 Å². The first-order valence-electron chi connectivity index (χ1n) is 5.22. The monoisotopic (exact) mass is 230 g/mol. The zero-order valence-corrected chi connectivity index (χ0v) is 8.92. The molecule has 0 bridgehead atoms. The number of aromatic nitrogens is 1. The van der Waals surface area contributed by atoms with Crippen molar-refractivity contribution in [1.29, 1.82) is 0 Å². The van der Waals surface area contributed by atoms with Gasteiger partial charge in [0.2, 0.25) is 5.91 Å². The highest BCUT2D eigenvalue weighted by molar-refractivity contribution is 5.93. The molecule has 0 fully saturated rings. The van der Waals surface area contributed by atoms with Gasteiger partial charge in [-0.1, -0.05) is 0 Å². The second-order valence-corrected chi connectivity index (χ2v) is 3.90. The van der Waals surface area contributed by atoms with Crippen molar-refractivity contribution < 1.29 is 13.9 Å². The van der Waals surface area contributed by atoms with Crippen molar-refractivity contribution in [3.63, 3.8) is 0 Å². The summed E-state index contributed by atoms with van der Waals surface area (Å²) < 4.78 is 10.9. The van der Waals surface area contributed by atoms with E-state index in [0.29, 0.717) is 17.7 Å². The lowest BCUT2D eigenvalue weighted by molar-refractivity contribution is 0.1000. The Bertz CT molecular complexity index is 563. The third kappa shape index (κ3) is 1.65. The number of carbonyl (C=O) groups is 1. The first kappa shape index (κ1) is 9.89. The number of oxazole rings is 1. The minimum atomic E-state index is -0.434. The molecule has 1 amide bonds. The minimum absolute atomic E-state index is 0.171. The highest BCUT2D eigenvalue weighted by atomic mass is 16.5. The summed E-state index contributed by atoms with van der Waals surface area (Å²) in [6.07, 6.45) is 3.49. The van der Waals surface area contributed by atoms with Crippen LogP contribution >= 0.6 is 0 Å². The SMILES string of the molecule is NC(=O)c1ccc2c(c1)CC(c1cnco1)O2. The molecule has 2 N–H and O–H groups in total. The predicted octanol–water partition coefficient (Wildman–Crippen LogP) is 1.45. The number of fused-ring (bicyclic) bond motifs is 1. The fourth-order valence-electron chi connectivity index (χ4n) is 1.95. The predicted molar refractivity (Wildman–Crippen MR) is 58.5 cm³/mol. The summed E-state index contributed by atoms with van der Waals surface area (Å²) in [6, 6.07) is 5.17. The number of nitrogens with zero attached hydrogens (tertiary/aromatic N) is 1. The molecular formula is C12H10N2O3. The summed E-state index contributed by atoms with van der Waals surface area (Å²) in [7, 11) is 0. The van der Waals surface area contributed by atoms with Gasteiger partial charge in [-0.05, 0) is 23.8 Å². The third-order valence-electron chi connectivity index (χ3n) is 2.79. The molecular weight excluding hydrogens is 220 g/mol. The zero-order valence-electron chi connectivity index (χ0n) is 8.92. The molecule has 0 aliphatic carbocycles. The van der Waals surface area contributed by atoms with E-state index in [-0.39, 0.29) is 6.10 Å². The van der Waals surface area contributed by atoms with Gasteiger partial charge in [0.1, 0.15) is 5.75 Å². The number of ether oxygens (including phenoxy) is 1. The molecule has 1 unspecified atom stereocenters. The Morgan fingerprint density at radius 2 is 2.35 bits per heavy atom. The Balaban J connectivity index is 1.91. The molecule has 2 aromatic rings. The van der Waals surface area contributed by atoms with Crippen LogP contribution in [0.1, 0.15) is 27.8 Å². The van der Waals surface area contributed by atoms with Crippen molar-refractivity contribution >= 4 is 5.91 Å². The van der Waals surface area contributed by atoms with E-state index in [0.717, 1.165) is 11.3 Å². The molecule has 0 spiro atoms. The van der Waals surface area contributed by atoms with Gasteiger partial charge in [-0.15, -0.1) is 0 Å². The summed E-state index contributed by atoms with van der Waals surface area (Å²) >= 11 is 0. The van der Waals surface area contributed by atoms with Crippen LogP contribution < -0.4 is 10.5 Å². The summed E-state index contributed by atoms with van der Waals surface area (Å²) in [4.78, 5) is 14.9. The first-order chi connectivity index (χ1) is 8.24. The maximum atomic E-state index is 11.1. The maximum absolute atomic E-state index is 11.1. The van der Waals surface area contributed by atoms with Crippen molar-refractivity contribution in [2.75, 3.05) is 0 Å². The van der Waals surface area contributed by atoms with E-state index in [1.807, 2.05) is 0 Å². The normalized spacial score (nSPS) is 17.5. The summed E-state index contributed by atoms with van der Waals surface area (Å²) in [5, 5.41) is 0. The second-order valence-electron chi connectivity index (χ2n) is 3.90. The van der Waals surface area contributed by atoms with Crippen molar-refractivity contribution in [2.24, 2.45) is 5.73 Å². The van der Waals surface area contributed by atoms with Crippen LogP contribution in [0.3, 0.4) is 0 Å². The Kier molecular flexibility index (Phi) is 2.11. The summed E-state index contributed by atoms with van der Waals surface area (Å²) in [5.74, 6) is 1.01. The van der Waals surface area contributed by atoms with Crippen LogP contribution in [0.2, 0.25) is 0 Å². The van der Waals surface area contributed by atoms with Crippen molar-refractivity contribution in [3.05, 3.63) is 47.7 Å². The number of rotatable bonds is 2. The average molecular weight is 230 g/mol. The largest absolute Gasteiger partial charge is 0.482 e. The maximum Gasteiger partial charge on any atom is 0.248 e. The van der Waals surface area contributed by atoms with Crippen molar-refractivity contribution in [3.8, 4) is 5.75 Å². The van der Waals surface area contributed by atoms with Gasteiger partial charge in [0, 0.05) is 12.0 Å². The van der Waals surface area contributed by atoms with E-state index in [4.69, 9.17) is 14.9 Å². The van der Waals surface area contributed by atoms with Gasteiger partial charge >= 0.3 is 0 Å². The fraction of sp³-hybridized carbons (Fsp3) is 0.167. The standard InChI is InChI=1S/C12H10N2O3/c13-12(15)7-1-2-9-8(3-7)4-10(17-9)11-5-14-6-16-11/h1-3,5-6,10H,4H2,(H2,13,15). The number of carbonyl (C=O) groups excluding carboxylic acids is 1. The number of benzene rings is 1. The quantitative estimate of drug-likeness (QED) is 0.846. The zero-order chi connectivity index (χ0) is 11.8. The van der Waals surface area contributed by atoms with Gasteiger partial charge in [0.15, 0.2) is 18.3 Å². The van der Waals surface area contributed by atoms with E-state index < -0.39 is 5.91 Å². The van der Waals surface area contributed by atoms with Crippen LogP contribution in [0.15, 0.2) is 35.2 Å². The number of primary amides is 1. The van der Waals surface area contributed by atoms with Crippen LogP contribution in [-0.2, 0) is 6.42 Å². The second kappa shape index (κ2) is 3.62. The molecule has 0 radical (unpaired) electrons. The minimum Gasteiger partial charge on any atom is -0.482 e. The van der Waals surface area contributed by atoms with Gasteiger partial charge in [-0.2, -0.15) is 0 Å². The van der Waals surface area contributed by atoms with Crippen molar-refractivity contribution in [2.45, 2.75) is 12.5 Å². The molecule has 17 heavy (non-hydrogen) atoms. The molecule has 5 heteroatoms. The Hall–Kier alpha value is -2.30. The third-order valence-corrected chi connectivity index (χ3v) is 2.79. The van der Waals surface area contributed by atoms with E-state index in [1.165, 1.54) is 6.39 Å². The van der Waals surface area contributed by atoms with Gasteiger partial charge in [0.05, 0.1) is 6.20 Å². The van der Waals surface area contributed by atoms with Crippen LogP contribution in [-0.4, -0.2) is 10.9 Å². The smallest absolute Gasteiger partial charge is 0.248 e. The highest BCUT2D eigenvalue weighted by Crippen LogP contribution is 2.36. The highest BCUT2D eigenvalue weighted by Gasteiger charge is 2.27. The van der Waals surface area contributed by atoms with Crippen LogP contribution in [0.25, 0.3) is 0 Å². The number of hydrogen-bond acceptors (Lipinski definition) is 4. The Labute approximate surface area is 97.2 Å². The van der Waals surface area contributed by atoms with E-state index in [9.17, 15) is 4.79 Å². The molecule has 0 saturated heterocycles. The van der Waals surface area contributed by atoms with Gasteiger partial charge in [-0.3, -0.25) is 4.79 Å². The Morgan fingerprint density at radius 1 is 1.47 bits per heavy atom. The molecule has 2 heterocycles. The van der Waals surface area contributed by atoms with Gasteiger partial charge in [-0.25, -0.2) is 4.98 Å². The topological polar surface area (TPSA) is 78.4 Å². The molecule has 3 rings (SSSR count). The lowest BCUT2D eigenvalue weighted by atomic mass is 10.1. The Morgan fingerprint density at radius 3 is 3.06 bits per heavy atom. The van der Waals surface area contributed by atoms with Crippen LogP contribution in [0.5, 0.6) is 5.75 Å². The molecule has 1 atom stereocenters. The number of amides is 1. The average Bonchev–Trinajstić information content (AvgIpc) is 2.96. The van der Waals surface area contributed by atoms with Crippen molar-refractivity contribution in [1.82, 2.24) is 4.98 Å². The molecule has 1 aromatic heterocycles. The van der Waals surface area contributed by atoms with Gasteiger partial charge < -0.3 is 14.9 Å². The lowest BCUT2D eigenvalue weighted by Crippen LogP contribution is -2.10. The number of hydrogen-bond donors (Lipinski definition) is 1. The van der Waals surface area contributed by atoms with Gasteiger partial charge in [0.25, 0.3) is 0 Å². The van der Waals surface area contributed by atoms with E-state index >= 15 is 0 Å². The van der Waals surface area contributed by atoms with E-state index in [2.05, 4.69) is 4.98 Å². The molecule has 0 saturated carbocycles. The van der Waals surface area contributed by atoms with Crippen LogP contribution in [0, 0.1) is 0 Å². The molecule has 1 aliphatic heterocycles. The fourth-order valence-corrected chi connectivity index (χ4v) is 1.95. The first-order valence-corrected chi connectivity index (χ1v) is 5.22. The number of nitrogens with two attached hydrogens (primary N) is 1. The molecule has 86 valence electrons. The molecule has 5 nitrogen and oxygen atoms in total. The lowest BCUT2D eigenvalue weighted by Gasteiger charge is -2.05. The molecule has 1 aromatic carbocycles. The molecule has 1 aliphatic rings.